The van der Waals surface area contributed by atoms with Gasteiger partial charge in [-0.3, -0.25) is 4.79 Å². The van der Waals surface area contributed by atoms with E-state index in [1.807, 2.05) is 17.2 Å². The molecule has 1 aliphatic heterocycles. The second-order valence-electron chi connectivity index (χ2n) is 5.73. The summed E-state index contributed by atoms with van der Waals surface area (Å²) >= 11 is 1.55. The Balaban J connectivity index is 1.92. The molecule has 8 heteroatoms. The summed E-state index contributed by atoms with van der Waals surface area (Å²) in [6, 6.07) is 0.121. The summed E-state index contributed by atoms with van der Waals surface area (Å²) < 4.78 is 24.8. The molecule has 22 heavy (non-hydrogen) atoms. The molecule has 1 atom stereocenters. The van der Waals surface area contributed by atoms with Crippen molar-refractivity contribution in [2.24, 2.45) is 0 Å². The van der Waals surface area contributed by atoms with Crippen molar-refractivity contribution in [1.29, 1.82) is 0 Å². The zero-order valence-corrected chi connectivity index (χ0v) is 14.7. The molecule has 0 unspecified atom stereocenters. The van der Waals surface area contributed by atoms with Crippen molar-refractivity contribution in [3.05, 3.63) is 16.1 Å². The highest BCUT2D eigenvalue weighted by molar-refractivity contribution is 7.88. The van der Waals surface area contributed by atoms with Gasteiger partial charge in [-0.05, 0) is 32.6 Å². The van der Waals surface area contributed by atoms with E-state index >= 15 is 0 Å². The minimum atomic E-state index is -3.17. The third-order valence-electron chi connectivity index (χ3n) is 3.79. The minimum absolute atomic E-state index is 0.0920. The Labute approximate surface area is 136 Å². The maximum absolute atomic E-state index is 12.5. The first-order chi connectivity index (χ1) is 10.3. The molecule has 1 aromatic heterocycles. The SMILES string of the molecule is Cc1nc(CC(=O)N2CCCC[C@@H]2CCNS(C)(=O)=O)cs1. The van der Waals surface area contributed by atoms with Gasteiger partial charge in [0.15, 0.2) is 0 Å². The highest BCUT2D eigenvalue weighted by atomic mass is 32.2. The van der Waals surface area contributed by atoms with Crippen molar-refractivity contribution in [3.8, 4) is 0 Å². The number of amides is 1. The van der Waals surface area contributed by atoms with Crippen molar-refractivity contribution in [2.75, 3.05) is 19.3 Å². The number of aryl methyl sites for hydroxylation is 1. The van der Waals surface area contributed by atoms with Crippen LogP contribution >= 0.6 is 11.3 Å². The lowest BCUT2D eigenvalue weighted by Crippen LogP contribution is -2.45. The fourth-order valence-electron chi connectivity index (χ4n) is 2.79. The van der Waals surface area contributed by atoms with Gasteiger partial charge in [0.05, 0.1) is 23.4 Å². The maximum atomic E-state index is 12.5. The summed E-state index contributed by atoms with van der Waals surface area (Å²) in [4.78, 5) is 18.7. The molecule has 0 spiro atoms. The van der Waals surface area contributed by atoms with Gasteiger partial charge < -0.3 is 4.90 Å². The Hall–Kier alpha value is -0.990. The topological polar surface area (TPSA) is 79.4 Å². The van der Waals surface area contributed by atoms with Crippen LogP contribution in [0.2, 0.25) is 0 Å². The van der Waals surface area contributed by atoms with Gasteiger partial charge in [0, 0.05) is 24.5 Å². The highest BCUT2D eigenvalue weighted by Crippen LogP contribution is 2.21. The van der Waals surface area contributed by atoms with Gasteiger partial charge >= 0.3 is 0 Å². The van der Waals surface area contributed by atoms with Gasteiger partial charge in [-0.2, -0.15) is 0 Å². The number of likely N-dealkylation sites (tertiary alicyclic amines) is 1. The fourth-order valence-corrected chi connectivity index (χ4v) is 3.89. The summed E-state index contributed by atoms with van der Waals surface area (Å²) in [7, 11) is -3.17. The molecule has 0 saturated carbocycles. The van der Waals surface area contributed by atoms with Gasteiger partial charge in [-0.15, -0.1) is 11.3 Å². The molecule has 1 amide bonds. The average Bonchev–Trinajstić information content (AvgIpc) is 2.83. The Bertz CT molecular complexity index is 613. The molecule has 2 heterocycles. The molecule has 124 valence electrons. The zero-order valence-electron chi connectivity index (χ0n) is 13.0. The van der Waals surface area contributed by atoms with Crippen molar-refractivity contribution >= 4 is 27.3 Å². The molecule has 1 aliphatic rings. The number of thiazole rings is 1. The monoisotopic (exact) mass is 345 g/mol. The molecule has 1 aromatic rings. The van der Waals surface area contributed by atoms with Crippen LogP contribution in [0.25, 0.3) is 0 Å². The van der Waals surface area contributed by atoms with E-state index in [2.05, 4.69) is 9.71 Å². The number of rotatable bonds is 6. The highest BCUT2D eigenvalue weighted by Gasteiger charge is 2.26. The number of carbonyl (C=O) groups excluding carboxylic acids is 1. The second kappa shape index (κ2) is 7.52. The fraction of sp³-hybridized carbons (Fsp3) is 0.714. The first-order valence-electron chi connectivity index (χ1n) is 7.50. The number of piperidine rings is 1. The largest absolute Gasteiger partial charge is 0.339 e. The van der Waals surface area contributed by atoms with Gasteiger partial charge in [-0.1, -0.05) is 0 Å². The molecule has 0 aliphatic carbocycles. The van der Waals surface area contributed by atoms with E-state index in [-0.39, 0.29) is 11.9 Å². The Morgan fingerprint density at radius 3 is 2.91 bits per heavy atom. The lowest BCUT2D eigenvalue weighted by molar-refractivity contribution is -0.134. The molecule has 1 N–H and O–H groups in total. The predicted molar refractivity (Wildman–Crippen MR) is 87.4 cm³/mol. The first-order valence-corrected chi connectivity index (χ1v) is 10.3. The molecule has 1 saturated heterocycles. The number of aromatic nitrogens is 1. The number of hydrogen-bond acceptors (Lipinski definition) is 5. The zero-order chi connectivity index (χ0) is 16.2. The number of nitrogens with one attached hydrogen (secondary N) is 1. The summed E-state index contributed by atoms with van der Waals surface area (Å²) in [5, 5.41) is 2.90. The summed E-state index contributed by atoms with van der Waals surface area (Å²) in [5.74, 6) is 0.0920. The molecular weight excluding hydrogens is 322 g/mol. The Morgan fingerprint density at radius 2 is 2.27 bits per heavy atom. The van der Waals surface area contributed by atoms with Crippen molar-refractivity contribution < 1.29 is 13.2 Å². The first kappa shape index (κ1) is 17.4. The van der Waals surface area contributed by atoms with E-state index in [0.29, 0.717) is 19.4 Å². The molecule has 6 nitrogen and oxygen atoms in total. The normalized spacial score (nSPS) is 19.4. The summed E-state index contributed by atoms with van der Waals surface area (Å²) in [5.41, 5.74) is 0.825. The van der Waals surface area contributed by atoms with E-state index in [9.17, 15) is 13.2 Å². The summed E-state index contributed by atoms with van der Waals surface area (Å²) in [6.45, 7) is 3.06. The van der Waals surface area contributed by atoms with E-state index in [1.54, 1.807) is 11.3 Å². The molecule has 1 fully saturated rings. The second-order valence-corrected chi connectivity index (χ2v) is 8.62. The molecule has 2 rings (SSSR count). The van der Waals surface area contributed by atoms with Crippen LogP contribution < -0.4 is 4.72 Å². The maximum Gasteiger partial charge on any atom is 0.228 e. The van der Waals surface area contributed by atoms with Gasteiger partial charge in [0.25, 0.3) is 0 Å². The molecule has 0 bridgehead atoms. The smallest absolute Gasteiger partial charge is 0.228 e. The van der Waals surface area contributed by atoms with Crippen molar-refractivity contribution in [2.45, 2.75) is 45.1 Å². The Kier molecular flexibility index (Phi) is 5.94. The molecular formula is C14H23N3O3S2. The van der Waals surface area contributed by atoms with Crippen LogP contribution in [-0.2, 0) is 21.2 Å². The number of sulfonamides is 1. The van der Waals surface area contributed by atoms with Gasteiger partial charge in [-0.25, -0.2) is 18.1 Å². The molecule has 0 radical (unpaired) electrons. The number of hydrogen-bond donors (Lipinski definition) is 1. The van der Waals surface area contributed by atoms with Crippen LogP contribution in [0, 0.1) is 6.92 Å². The minimum Gasteiger partial charge on any atom is -0.339 e. The van der Waals surface area contributed by atoms with Crippen LogP contribution in [0.4, 0.5) is 0 Å². The molecule has 0 aromatic carbocycles. The van der Waals surface area contributed by atoms with Crippen molar-refractivity contribution in [1.82, 2.24) is 14.6 Å². The van der Waals surface area contributed by atoms with Crippen LogP contribution in [0.15, 0.2) is 5.38 Å². The number of carbonyl (C=O) groups is 1. The standard InChI is InChI=1S/C14H23N3O3S2/c1-11-16-12(10-21-11)9-14(18)17-8-4-3-5-13(17)6-7-15-22(2,19)20/h10,13,15H,3-9H2,1-2H3/t13-/m1/s1. The van der Waals surface area contributed by atoms with Crippen LogP contribution in [0.1, 0.15) is 36.4 Å². The van der Waals surface area contributed by atoms with E-state index < -0.39 is 10.0 Å². The van der Waals surface area contributed by atoms with Crippen LogP contribution in [0.5, 0.6) is 0 Å². The van der Waals surface area contributed by atoms with Gasteiger partial charge in [0.2, 0.25) is 15.9 Å². The lowest BCUT2D eigenvalue weighted by Gasteiger charge is -2.36. The van der Waals surface area contributed by atoms with Gasteiger partial charge in [0.1, 0.15) is 0 Å². The average molecular weight is 345 g/mol. The quantitative estimate of drug-likeness (QED) is 0.843. The summed E-state index contributed by atoms with van der Waals surface area (Å²) in [6.07, 6.45) is 5.19. The number of nitrogens with zero attached hydrogens (tertiary/aromatic N) is 2. The Morgan fingerprint density at radius 1 is 1.50 bits per heavy atom. The third kappa shape index (κ3) is 5.33. The predicted octanol–water partition coefficient (Wildman–Crippen LogP) is 1.31. The van der Waals surface area contributed by atoms with E-state index in [1.165, 1.54) is 0 Å². The van der Waals surface area contributed by atoms with Crippen LogP contribution in [-0.4, -0.2) is 49.6 Å². The van der Waals surface area contributed by atoms with Crippen molar-refractivity contribution in [3.63, 3.8) is 0 Å². The van der Waals surface area contributed by atoms with E-state index in [0.717, 1.165) is 42.8 Å². The third-order valence-corrected chi connectivity index (χ3v) is 5.34. The van der Waals surface area contributed by atoms with Crippen LogP contribution in [0.3, 0.4) is 0 Å². The van der Waals surface area contributed by atoms with E-state index in [4.69, 9.17) is 0 Å². The lowest BCUT2D eigenvalue weighted by atomic mass is 9.99.